The normalized spacial score (nSPS) is 24.8. The van der Waals surface area contributed by atoms with Gasteiger partial charge in [-0.15, -0.1) is 0 Å². The SMILES string of the molecule is O=C1CCCCC1(CCN1CCCCCC1)C(=O)OCc1ccccc1. The molecule has 142 valence electrons. The summed E-state index contributed by atoms with van der Waals surface area (Å²) in [4.78, 5) is 28.2. The molecule has 1 heterocycles. The molecule has 26 heavy (non-hydrogen) atoms. The third-order valence-corrected chi connectivity index (χ3v) is 5.95. The minimum Gasteiger partial charge on any atom is -0.460 e. The predicted molar refractivity (Wildman–Crippen MR) is 102 cm³/mol. The van der Waals surface area contributed by atoms with Crippen molar-refractivity contribution in [1.82, 2.24) is 4.90 Å². The van der Waals surface area contributed by atoms with Gasteiger partial charge in [0.25, 0.3) is 0 Å². The Balaban J connectivity index is 1.64. The topological polar surface area (TPSA) is 46.6 Å². The van der Waals surface area contributed by atoms with Crippen LogP contribution in [0.15, 0.2) is 30.3 Å². The summed E-state index contributed by atoms with van der Waals surface area (Å²) in [5.74, 6) is -0.211. The Bertz CT molecular complexity index is 593. The Kier molecular flexibility index (Phi) is 6.84. The number of benzene rings is 1. The van der Waals surface area contributed by atoms with Gasteiger partial charge in [-0.2, -0.15) is 0 Å². The molecule has 2 fully saturated rings. The first kappa shape index (κ1) is 19.1. The van der Waals surface area contributed by atoms with Gasteiger partial charge in [0, 0.05) is 6.42 Å². The number of ether oxygens (including phenoxy) is 1. The number of rotatable bonds is 6. The Morgan fingerprint density at radius 2 is 1.73 bits per heavy atom. The third kappa shape index (κ3) is 4.73. The lowest BCUT2D eigenvalue weighted by Gasteiger charge is -2.35. The largest absolute Gasteiger partial charge is 0.460 e. The van der Waals surface area contributed by atoms with Crippen molar-refractivity contribution in [2.24, 2.45) is 5.41 Å². The zero-order valence-electron chi connectivity index (χ0n) is 15.8. The number of hydrogen-bond donors (Lipinski definition) is 0. The highest BCUT2D eigenvalue weighted by Gasteiger charge is 2.47. The molecular formula is C22H31NO3. The monoisotopic (exact) mass is 357 g/mol. The summed E-state index contributed by atoms with van der Waals surface area (Å²) in [5, 5.41) is 0. The Hall–Kier alpha value is -1.68. The lowest BCUT2D eigenvalue weighted by molar-refractivity contribution is -0.164. The maximum absolute atomic E-state index is 13.0. The van der Waals surface area contributed by atoms with Gasteiger partial charge >= 0.3 is 5.97 Å². The molecule has 1 unspecified atom stereocenters. The van der Waals surface area contributed by atoms with Crippen LogP contribution in [-0.2, 0) is 20.9 Å². The minimum absolute atomic E-state index is 0.0941. The van der Waals surface area contributed by atoms with Crippen LogP contribution in [0.1, 0.15) is 63.4 Å². The fourth-order valence-corrected chi connectivity index (χ4v) is 4.24. The van der Waals surface area contributed by atoms with E-state index in [0.29, 0.717) is 19.3 Å². The predicted octanol–water partition coefficient (Wildman–Crippen LogP) is 4.13. The summed E-state index contributed by atoms with van der Waals surface area (Å²) in [5.41, 5.74) is 0.0473. The van der Waals surface area contributed by atoms with Crippen molar-refractivity contribution >= 4 is 11.8 Å². The Morgan fingerprint density at radius 1 is 1.00 bits per heavy atom. The van der Waals surface area contributed by atoms with E-state index in [9.17, 15) is 9.59 Å². The van der Waals surface area contributed by atoms with Gasteiger partial charge in [0.2, 0.25) is 0 Å². The van der Waals surface area contributed by atoms with Gasteiger partial charge < -0.3 is 9.64 Å². The molecule has 2 aliphatic rings. The first-order valence-electron chi connectivity index (χ1n) is 10.2. The van der Waals surface area contributed by atoms with Crippen molar-refractivity contribution in [3.63, 3.8) is 0 Å². The van der Waals surface area contributed by atoms with Gasteiger partial charge in [0.05, 0.1) is 0 Å². The number of carbonyl (C=O) groups excluding carboxylic acids is 2. The Morgan fingerprint density at radius 3 is 2.42 bits per heavy atom. The van der Waals surface area contributed by atoms with Crippen molar-refractivity contribution in [3.05, 3.63) is 35.9 Å². The first-order chi connectivity index (χ1) is 12.7. The molecule has 3 rings (SSSR count). The molecule has 0 aromatic heterocycles. The number of Topliss-reactive ketones (excluding diaryl/α,β-unsaturated/α-hetero) is 1. The summed E-state index contributed by atoms with van der Waals surface area (Å²) in [6, 6.07) is 9.70. The van der Waals surface area contributed by atoms with E-state index in [1.807, 2.05) is 30.3 Å². The van der Waals surface area contributed by atoms with E-state index < -0.39 is 5.41 Å². The van der Waals surface area contributed by atoms with Crippen LogP contribution < -0.4 is 0 Å². The maximum Gasteiger partial charge on any atom is 0.320 e. The van der Waals surface area contributed by atoms with Gasteiger partial charge in [-0.05, 0) is 57.3 Å². The lowest BCUT2D eigenvalue weighted by atomic mass is 9.70. The summed E-state index contributed by atoms with van der Waals surface area (Å²) < 4.78 is 5.63. The van der Waals surface area contributed by atoms with E-state index in [2.05, 4.69) is 4.90 Å². The van der Waals surface area contributed by atoms with E-state index in [1.54, 1.807) is 0 Å². The molecule has 1 saturated carbocycles. The molecule has 1 aromatic carbocycles. The van der Waals surface area contributed by atoms with Crippen molar-refractivity contribution in [2.75, 3.05) is 19.6 Å². The average Bonchev–Trinajstić information content (AvgIpc) is 2.95. The van der Waals surface area contributed by atoms with E-state index in [0.717, 1.165) is 38.0 Å². The van der Waals surface area contributed by atoms with Gasteiger partial charge in [-0.25, -0.2) is 0 Å². The average molecular weight is 357 g/mol. The second kappa shape index (κ2) is 9.31. The van der Waals surface area contributed by atoms with Crippen LogP contribution in [0.3, 0.4) is 0 Å². The maximum atomic E-state index is 13.0. The standard InChI is InChI=1S/C22H31NO3/c24-20-12-6-7-13-22(20,14-17-23-15-8-1-2-9-16-23)21(25)26-18-19-10-4-3-5-11-19/h3-5,10-11H,1-2,6-9,12-18H2. The summed E-state index contributed by atoms with van der Waals surface area (Å²) in [6.45, 7) is 3.25. The summed E-state index contributed by atoms with van der Waals surface area (Å²) in [6.07, 6.45) is 8.63. The van der Waals surface area contributed by atoms with Crippen LogP contribution in [-0.4, -0.2) is 36.3 Å². The van der Waals surface area contributed by atoms with Crippen LogP contribution in [0.5, 0.6) is 0 Å². The van der Waals surface area contributed by atoms with Gasteiger partial charge in [0.1, 0.15) is 17.8 Å². The third-order valence-electron chi connectivity index (χ3n) is 5.95. The van der Waals surface area contributed by atoms with Crippen molar-refractivity contribution < 1.29 is 14.3 Å². The fourth-order valence-electron chi connectivity index (χ4n) is 4.24. The molecular weight excluding hydrogens is 326 g/mol. The molecule has 1 aliphatic carbocycles. The van der Waals surface area contributed by atoms with E-state index >= 15 is 0 Å². The molecule has 0 spiro atoms. The molecule has 0 radical (unpaired) electrons. The minimum atomic E-state index is -0.917. The number of hydrogen-bond acceptors (Lipinski definition) is 4. The van der Waals surface area contributed by atoms with Crippen molar-refractivity contribution in [1.29, 1.82) is 0 Å². The molecule has 4 heteroatoms. The van der Waals surface area contributed by atoms with Crippen molar-refractivity contribution in [3.8, 4) is 0 Å². The summed E-state index contributed by atoms with van der Waals surface area (Å²) in [7, 11) is 0. The fraction of sp³-hybridized carbons (Fsp3) is 0.636. The van der Waals surface area contributed by atoms with E-state index in [-0.39, 0.29) is 18.4 Å². The summed E-state index contributed by atoms with van der Waals surface area (Å²) >= 11 is 0. The molecule has 1 atom stereocenters. The number of ketones is 1. The van der Waals surface area contributed by atoms with Crippen molar-refractivity contribution in [2.45, 2.75) is 64.4 Å². The van der Waals surface area contributed by atoms with Crippen LogP contribution in [0, 0.1) is 5.41 Å². The number of esters is 1. The molecule has 4 nitrogen and oxygen atoms in total. The zero-order valence-corrected chi connectivity index (χ0v) is 15.8. The van der Waals surface area contributed by atoms with Crippen LogP contribution in [0.25, 0.3) is 0 Å². The second-order valence-electron chi connectivity index (χ2n) is 7.78. The molecule has 1 saturated heterocycles. The molecule has 0 amide bonds. The smallest absolute Gasteiger partial charge is 0.320 e. The highest BCUT2D eigenvalue weighted by Crippen LogP contribution is 2.38. The quantitative estimate of drug-likeness (QED) is 0.567. The van der Waals surface area contributed by atoms with E-state index in [1.165, 1.54) is 25.7 Å². The van der Waals surface area contributed by atoms with Gasteiger partial charge in [0.15, 0.2) is 0 Å². The molecule has 0 bridgehead atoms. The number of carbonyl (C=O) groups is 2. The van der Waals surface area contributed by atoms with Crippen LogP contribution in [0.4, 0.5) is 0 Å². The first-order valence-corrected chi connectivity index (χ1v) is 10.2. The second-order valence-corrected chi connectivity index (χ2v) is 7.78. The van der Waals surface area contributed by atoms with Gasteiger partial charge in [-0.3, -0.25) is 9.59 Å². The molecule has 1 aromatic rings. The highest BCUT2D eigenvalue weighted by molar-refractivity contribution is 6.04. The van der Waals surface area contributed by atoms with Crippen LogP contribution in [0.2, 0.25) is 0 Å². The number of nitrogens with zero attached hydrogens (tertiary/aromatic N) is 1. The lowest BCUT2D eigenvalue weighted by Crippen LogP contribution is -2.45. The zero-order chi connectivity index (χ0) is 18.2. The molecule has 0 N–H and O–H groups in total. The highest BCUT2D eigenvalue weighted by atomic mass is 16.5. The molecule has 1 aliphatic heterocycles. The van der Waals surface area contributed by atoms with Crippen LogP contribution >= 0.6 is 0 Å². The van der Waals surface area contributed by atoms with Gasteiger partial charge in [-0.1, -0.05) is 49.6 Å². The van der Waals surface area contributed by atoms with E-state index in [4.69, 9.17) is 4.74 Å². The Labute approximate surface area is 156 Å². The number of likely N-dealkylation sites (tertiary alicyclic amines) is 1.